The van der Waals surface area contributed by atoms with Crippen molar-refractivity contribution >= 4 is 11.0 Å². The van der Waals surface area contributed by atoms with E-state index < -0.39 is 0 Å². The van der Waals surface area contributed by atoms with Crippen LogP contribution in [0.4, 0.5) is 0 Å². The molecule has 1 aliphatic rings. The quantitative estimate of drug-likeness (QED) is 0.727. The molecule has 78 valence electrons. The lowest BCUT2D eigenvalue weighted by Gasteiger charge is -2.22. The Labute approximate surface area is 87.6 Å². The van der Waals surface area contributed by atoms with Crippen LogP contribution in [0.5, 0.6) is 0 Å². The minimum absolute atomic E-state index is 0.266. The van der Waals surface area contributed by atoms with Gasteiger partial charge in [-0.1, -0.05) is 17.3 Å². The minimum Gasteiger partial charge on any atom is -0.356 e. The average Bonchev–Trinajstić information content (AvgIpc) is 2.74. The van der Waals surface area contributed by atoms with Gasteiger partial charge in [-0.15, -0.1) is 0 Å². The summed E-state index contributed by atoms with van der Waals surface area (Å²) in [7, 11) is 0. The molecule has 2 N–H and O–H groups in total. The third-order valence-corrected chi connectivity index (χ3v) is 2.78. The highest BCUT2D eigenvalue weighted by Gasteiger charge is 2.20. The van der Waals surface area contributed by atoms with Crippen molar-refractivity contribution in [2.45, 2.75) is 6.04 Å². The van der Waals surface area contributed by atoms with Gasteiger partial charge in [-0.05, 0) is 12.1 Å². The molecule has 0 saturated carbocycles. The molecular formula is C11H13N3O. The number of rotatable bonds is 1. The van der Waals surface area contributed by atoms with Crippen molar-refractivity contribution in [3.05, 3.63) is 30.0 Å². The predicted molar refractivity (Wildman–Crippen MR) is 57.6 cm³/mol. The van der Waals surface area contributed by atoms with Crippen molar-refractivity contribution in [2.24, 2.45) is 0 Å². The summed E-state index contributed by atoms with van der Waals surface area (Å²) in [6.07, 6.45) is 0. The smallest absolute Gasteiger partial charge is 0.167 e. The number of nitrogens with zero attached hydrogens (tertiary/aromatic N) is 1. The SMILES string of the molecule is c1ccc2c(C3CNCCN3)noc2c1. The van der Waals surface area contributed by atoms with Crippen molar-refractivity contribution in [3.63, 3.8) is 0 Å². The van der Waals surface area contributed by atoms with Gasteiger partial charge in [-0.2, -0.15) is 0 Å². The normalized spacial score (nSPS) is 22.0. The van der Waals surface area contributed by atoms with Crippen LogP contribution in [0.25, 0.3) is 11.0 Å². The lowest BCUT2D eigenvalue weighted by molar-refractivity contribution is 0.387. The van der Waals surface area contributed by atoms with Crippen molar-refractivity contribution in [1.82, 2.24) is 15.8 Å². The molecule has 1 aromatic heterocycles. The molecular weight excluding hydrogens is 190 g/mol. The Hall–Kier alpha value is -1.39. The molecule has 1 aliphatic heterocycles. The fraction of sp³-hybridized carbons (Fsp3) is 0.364. The number of aromatic nitrogens is 1. The predicted octanol–water partition coefficient (Wildman–Crippen LogP) is 1.06. The number of hydrogen-bond donors (Lipinski definition) is 2. The van der Waals surface area contributed by atoms with E-state index in [4.69, 9.17) is 4.52 Å². The van der Waals surface area contributed by atoms with Crippen molar-refractivity contribution < 1.29 is 4.52 Å². The second-order valence-corrected chi connectivity index (χ2v) is 3.77. The van der Waals surface area contributed by atoms with E-state index in [2.05, 4.69) is 21.9 Å². The zero-order chi connectivity index (χ0) is 10.1. The molecule has 3 rings (SSSR count). The van der Waals surface area contributed by atoms with Crippen LogP contribution in [0.2, 0.25) is 0 Å². The number of nitrogens with one attached hydrogen (secondary N) is 2. The molecule has 1 atom stereocenters. The maximum absolute atomic E-state index is 5.28. The summed E-state index contributed by atoms with van der Waals surface area (Å²) >= 11 is 0. The Morgan fingerprint density at radius 2 is 2.20 bits per heavy atom. The summed E-state index contributed by atoms with van der Waals surface area (Å²) in [4.78, 5) is 0. The molecule has 0 amide bonds. The fourth-order valence-electron chi connectivity index (χ4n) is 2.00. The first-order valence-electron chi connectivity index (χ1n) is 5.23. The van der Waals surface area contributed by atoms with Gasteiger partial charge in [0.25, 0.3) is 0 Å². The molecule has 15 heavy (non-hydrogen) atoms. The number of para-hydroxylation sites is 1. The first-order valence-corrected chi connectivity index (χ1v) is 5.23. The number of hydrogen-bond acceptors (Lipinski definition) is 4. The van der Waals surface area contributed by atoms with Crippen LogP contribution in [0.1, 0.15) is 11.7 Å². The third kappa shape index (κ3) is 1.52. The first kappa shape index (κ1) is 8.88. The standard InChI is InChI=1S/C11H13N3O/c1-2-4-10-8(3-1)11(14-15-10)9-7-12-5-6-13-9/h1-4,9,12-13H,5-7H2. The lowest BCUT2D eigenvalue weighted by Crippen LogP contribution is -2.42. The Balaban J connectivity index is 2.02. The van der Waals surface area contributed by atoms with Gasteiger partial charge in [0.05, 0.1) is 6.04 Å². The Kier molecular flexibility index (Phi) is 2.16. The molecule has 0 radical (unpaired) electrons. The molecule has 2 aromatic rings. The summed E-state index contributed by atoms with van der Waals surface area (Å²) in [5, 5.41) is 12.0. The minimum atomic E-state index is 0.266. The maximum atomic E-state index is 5.28. The summed E-state index contributed by atoms with van der Waals surface area (Å²) in [6.45, 7) is 2.91. The van der Waals surface area contributed by atoms with Crippen LogP contribution in [0, 0.1) is 0 Å². The second kappa shape index (κ2) is 3.64. The number of piperazine rings is 1. The van der Waals surface area contributed by atoms with E-state index in [1.165, 1.54) is 0 Å². The van der Waals surface area contributed by atoms with Crippen LogP contribution in [0.3, 0.4) is 0 Å². The van der Waals surface area contributed by atoms with E-state index in [0.29, 0.717) is 0 Å². The van der Waals surface area contributed by atoms with Crippen molar-refractivity contribution in [3.8, 4) is 0 Å². The van der Waals surface area contributed by atoms with Gasteiger partial charge in [-0.3, -0.25) is 0 Å². The van der Waals surface area contributed by atoms with Crippen LogP contribution >= 0.6 is 0 Å². The van der Waals surface area contributed by atoms with Gasteiger partial charge >= 0.3 is 0 Å². The molecule has 1 aromatic carbocycles. The fourth-order valence-corrected chi connectivity index (χ4v) is 2.00. The highest BCUT2D eigenvalue weighted by Crippen LogP contribution is 2.23. The first-order chi connectivity index (χ1) is 7.45. The number of benzene rings is 1. The van der Waals surface area contributed by atoms with Gasteiger partial charge in [0.1, 0.15) is 5.69 Å². The van der Waals surface area contributed by atoms with Gasteiger partial charge < -0.3 is 15.2 Å². The van der Waals surface area contributed by atoms with E-state index in [1.807, 2.05) is 18.2 Å². The number of fused-ring (bicyclic) bond motifs is 1. The molecule has 0 aliphatic carbocycles. The molecule has 4 heteroatoms. The van der Waals surface area contributed by atoms with E-state index in [0.717, 1.165) is 36.3 Å². The largest absolute Gasteiger partial charge is 0.356 e. The highest BCUT2D eigenvalue weighted by atomic mass is 16.5. The van der Waals surface area contributed by atoms with Gasteiger partial charge in [0.15, 0.2) is 5.58 Å². The van der Waals surface area contributed by atoms with E-state index >= 15 is 0 Å². The molecule has 1 fully saturated rings. The Bertz CT molecular complexity index is 460. The van der Waals surface area contributed by atoms with Gasteiger partial charge in [-0.25, -0.2) is 0 Å². The van der Waals surface area contributed by atoms with E-state index in [9.17, 15) is 0 Å². The summed E-state index contributed by atoms with van der Waals surface area (Å²) < 4.78 is 5.28. The lowest BCUT2D eigenvalue weighted by atomic mass is 10.1. The molecule has 0 spiro atoms. The zero-order valence-electron chi connectivity index (χ0n) is 8.36. The second-order valence-electron chi connectivity index (χ2n) is 3.77. The van der Waals surface area contributed by atoms with Gasteiger partial charge in [0, 0.05) is 25.0 Å². The molecule has 4 nitrogen and oxygen atoms in total. The summed E-state index contributed by atoms with van der Waals surface area (Å²) in [6, 6.07) is 8.24. The van der Waals surface area contributed by atoms with Crippen LogP contribution in [-0.4, -0.2) is 24.8 Å². The molecule has 1 saturated heterocycles. The zero-order valence-corrected chi connectivity index (χ0v) is 8.36. The summed E-state index contributed by atoms with van der Waals surface area (Å²) in [5.74, 6) is 0. The van der Waals surface area contributed by atoms with E-state index in [-0.39, 0.29) is 6.04 Å². The highest BCUT2D eigenvalue weighted by molar-refractivity contribution is 5.79. The van der Waals surface area contributed by atoms with E-state index in [1.54, 1.807) is 0 Å². The molecule has 2 heterocycles. The van der Waals surface area contributed by atoms with Crippen LogP contribution in [0.15, 0.2) is 28.8 Å². The maximum Gasteiger partial charge on any atom is 0.167 e. The monoisotopic (exact) mass is 203 g/mol. The average molecular weight is 203 g/mol. The topological polar surface area (TPSA) is 50.1 Å². The van der Waals surface area contributed by atoms with Gasteiger partial charge in [0.2, 0.25) is 0 Å². The van der Waals surface area contributed by atoms with Crippen LogP contribution < -0.4 is 10.6 Å². The summed E-state index contributed by atoms with van der Waals surface area (Å²) in [5.41, 5.74) is 1.87. The van der Waals surface area contributed by atoms with Crippen molar-refractivity contribution in [1.29, 1.82) is 0 Å². The molecule has 1 unspecified atom stereocenters. The van der Waals surface area contributed by atoms with Crippen LogP contribution in [-0.2, 0) is 0 Å². The Morgan fingerprint density at radius 1 is 1.27 bits per heavy atom. The molecule has 0 bridgehead atoms. The Morgan fingerprint density at radius 3 is 3.07 bits per heavy atom. The van der Waals surface area contributed by atoms with Crippen molar-refractivity contribution in [2.75, 3.05) is 19.6 Å². The third-order valence-electron chi connectivity index (χ3n) is 2.78.